The molecule has 1 nitrogen and oxygen atoms in total. The van der Waals surface area contributed by atoms with Crippen molar-refractivity contribution in [2.45, 2.75) is 0 Å². The molecule has 1 aliphatic heterocycles. The van der Waals surface area contributed by atoms with Gasteiger partial charge in [0.05, 0.1) is 5.69 Å². The monoisotopic (exact) mass is 129 g/mol. The first-order chi connectivity index (χ1) is 4.88. The van der Waals surface area contributed by atoms with Gasteiger partial charge in [0.2, 0.25) is 0 Å². The molecule has 10 heavy (non-hydrogen) atoms. The molecule has 1 aliphatic rings. The van der Waals surface area contributed by atoms with E-state index in [4.69, 9.17) is 0 Å². The van der Waals surface area contributed by atoms with E-state index in [0.717, 1.165) is 16.8 Å². The van der Waals surface area contributed by atoms with E-state index in [2.05, 4.69) is 11.6 Å². The van der Waals surface area contributed by atoms with E-state index in [9.17, 15) is 0 Å². The molecule has 1 aromatic carbocycles. The highest BCUT2D eigenvalue weighted by atomic mass is 14.7. The summed E-state index contributed by atoms with van der Waals surface area (Å²) in [6.45, 7) is 3.85. The molecule has 1 heterocycles. The Hall–Kier alpha value is -1.37. The van der Waals surface area contributed by atoms with Gasteiger partial charge in [-0.3, -0.25) is 4.99 Å². The maximum Gasteiger partial charge on any atom is 0.0708 e. The first kappa shape index (κ1) is 5.42. The van der Waals surface area contributed by atoms with Crippen LogP contribution in [0.5, 0.6) is 0 Å². The van der Waals surface area contributed by atoms with Gasteiger partial charge in [-0.2, -0.15) is 0 Å². The average molecular weight is 129 g/mol. The highest BCUT2D eigenvalue weighted by Gasteiger charge is 2.06. The quantitative estimate of drug-likeness (QED) is 0.510. The molecule has 0 saturated heterocycles. The molecule has 0 aromatic heterocycles. The van der Waals surface area contributed by atoms with Gasteiger partial charge in [0, 0.05) is 11.8 Å². The smallest absolute Gasteiger partial charge is 0.0708 e. The van der Waals surface area contributed by atoms with Gasteiger partial charge in [0.25, 0.3) is 0 Å². The molecule has 0 fully saturated rings. The summed E-state index contributed by atoms with van der Waals surface area (Å²) in [6, 6.07) is 8.00. The molecule has 0 atom stereocenters. The minimum absolute atomic E-state index is 1.01. The largest absolute Gasteiger partial charge is 0.256 e. The van der Waals surface area contributed by atoms with Crippen molar-refractivity contribution in [3.63, 3.8) is 0 Å². The van der Waals surface area contributed by atoms with Gasteiger partial charge in [-0.1, -0.05) is 24.8 Å². The van der Waals surface area contributed by atoms with Crippen LogP contribution >= 0.6 is 0 Å². The predicted molar refractivity (Wildman–Crippen MR) is 43.6 cm³/mol. The zero-order valence-electron chi connectivity index (χ0n) is 5.54. The molecule has 2 rings (SSSR count). The first-order valence-electron chi connectivity index (χ1n) is 3.20. The zero-order valence-corrected chi connectivity index (χ0v) is 5.54. The van der Waals surface area contributed by atoms with E-state index in [1.165, 1.54) is 0 Å². The van der Waals surface area contributed by atoms with E-state index in [0.29, 0.717) is 0 Å². The Bertz CT molecular complexity index is 310. The number of aliphatic imine (C=N–C) groups is 1. The van der Waals surface area contributed by atoms with Crippen molar-refractivity contribution in [1.29, 1.82) is 0 Å². The molecule has 0 N–H and O–H groups in total. The third kappa shape index (κ3) is 0.605. The summed E-state index contributed by atoms with van der Waals surface area (Å²) in [6.07, 6.45) is 1.80. The van der Waals surface area contributed by atoms with Crippen LogP contribution in [0.3, 0.4) is 0 Å². The Labute approximate surface area is 59.7 Å². The van der Waals surface area contributed by atoms with Crippen molar-refractivity contribution in [1.82, 2.24) is 0 Å². The predicted octanol–water partition coefficient (Wildman–Crippen LogP) is 2.42. The van der Waals surface area contributed by atoms with Crippen molar-refractivity contribution >= 4 is 17.5 Å². The second kappa shape index (κ2) is 1.81. The SMILES string of the molecule is C=C1C=Nc2ccccc21. The van der Waals surface area contributed by atoms with Crippen LogP contribution in [0.25, 0.3) is 5.57 Å². The number of nitrogens with zero attached hydrogens (tertiary/aromatic N) is 1. The van der Waals surface area contributed by atoms with Crippen LogP contribution in [0.2, 0.25) is 0 Å². The summed E-state index contributed by atoms with van der Waals surface area (Å²) in [4.78, 5) is 4.16. The van der Waals surface area contributed by atoms with Gasteiger partial charge in [-0.25, -0.2) is 0 Å². The maximum atomic E-state index is 4.16. The Balaban J connectivity index is 2.70. The van der Waals surface area contributed by atoms with Gasteiger partial charge >= 0.3 is 0 Å². The van der Waals surface area contributed by atoms with E-state index in [-0.39, 0.29) is 0 Å². The maximum absolute atomic E-state index is 4.16. The van der Waals surface area contributed by atoms with Crippen LogP contribution in [-0.2, 0) is 0 Å². The third-order valence-corrected chi connectivity index (χ3v) is 1.61. The van der Waals surface area contributed by atoms with Gasteiger partial charge in [-0.05, 0) is 11.6 Å². The van der Waals surface area contributed by atoms with Crippen molar-refractivity contribution in [3.8, 4) is 0 Å². The summed E-state index contributed by atoms with van der Waals surface area (Å²) < 4.78 is 0. The second-order valence-corrected chi connectivity index (χ2v) is 2.30. The van der Waals surface area contributed by atoms with Crippen LogP contribution in [-0.4, -0.2) is 6.21 Å². The zero-order chi connectivity index (χ0) is 6.97. The lowest BCUT2D eigenvalue weighted by Gasteiger charge is -1.93. The summed E-state index contributed by atoms with van der Waals surface area (Å²) in [5.74, 6) is 0. The fraction of sp³-hybridized carbons (Fsp3) is 0. The minimum atomic E-state index is 1.01. The lowest BCUT2D eigenvalue weighted by Crippen LogP contribution is -1.73. The van der Waals surface area contributed by atoms with Gasteiger partial charge in [0.15, 0.2) is 0 Å². The second-order valence-electron chi connectivity index (χ2n) is 2.30. The molecule has 1 heteroatoms. The molecule has 0 spiro atoms. The average Bonchev–Trinajstić information content (AvgIpc) is 2.34. The molecular formula is C9H7N. The Morgan fingerprint density at radius 1 is 1.20 bits per heavy atom. The lowest BCUT2D eigenvalue weighted by molar-refractivity contribution is 1.55. The van der Waals surface area contributed by atoms with Gasteiger partial charge in [-0.15, -0.1) is 0 Å². The van der Waals surface area contributed by atoms with Gasteiger partial charge in [0.1, 0.15) is 0 Å². The fourth-order valence-corrected chi connectivity index (χ4v) is 1.07. The number of para-hydroxylation sites is 1. The number of fused-ring (bicyclic) bond motifs is 1. The van der Waals surface area contributed by atoms with Crippen molar-refractivity contribution in [3.05, 3.63) is 36.4 Å². The van der Waals surface area contributed by atoms with Gasteiger partial charge < -0.3 is 0 Å². The molecule has 0 unspecified atom stereocenters. The molecule has 0 bridgehead atoms. The standard InChI is InChI=1S/C9H7N/c1-7-6-10-9-5-3-2-4-8(7)9/h2-6H,1H2. The highest BCUT2D eigenvalue weighted by Crippen LogP contribution is 2.29. The Morgan fingerprint density at radius 2 is 2.00 bits per heavy atom. The van der Waals surface area contributed by atoms with Crippen molar-refractivity contribution < 1.29 is 0 Å². The number of allylic oxidation sites excluding steroid dienone is 1. The van der Waals surface area contributed by atoms with Crippen LogP contribution in [0, 0.1) is 0 Å². The molecule has 1 aromatic rings. The Morgan fingerprint density at radius 3 is 2.80 bits per heavy atom. The van der Waals surface area contributed by atoms with Crippen LogP contribution in [0.15, 0.2) is 35.8 Å². The molecule has 0 radical (unpaired) electrons. The molecule has 0 saturated carbocycles. The number of rotatable bonds is 0. The summed E-state index contributed by atoms with van der Waals surface area (Å²) in [7, 11) is 0. The summed E-state index contributed by atoms with van der Waals surface area (Å²) >= 11 is 0. The highest BCUT2D eigenvalue weighted by molar-refractivity contribution is 6.15. The van der Waals surface area contributed by atoms with Crippen LogP contribution in [0.4, 0.5) is 5.69 Å². The lowest BCUT2D eigenvalue weighted by atomic mass is 10.1. The minimum Gasteiger partial charge on any atom is -0.256 e. The third-order valence-electron chi connectivity index (χ3n) is 1.61. The molecular weight excluding hydrogens is 122 g/mol. The Kier molecular flexibility index (Phi) is 0.978. The van der Waals surface area contributed by atoms with Crippen molar-refractivity contribution in [2.75, 3.05) is 0 Å². The van der Waals surface area contributed by atoms with E-state index in [1.807, 2.05) is 24.3 Å². The van der Waals surface area contributed by atoms with E-state index < -0.39 is 0 Å². The van der Waals surface area contributed by atoms with Crippen LogP contribution in [0.1, 0.15) is 5.56 Å². The topological polar surface area (TPSA) is 12.4 Å². The molecule has 48 valence electrons. The molecule has 0 aliphatic carbocycles. The number of benzene rings is 1. The first-order valence-corrected chi connectivity index (χ1v) is 3.20. The van der Waals surface area contributed by atoms with E-state index in [1.54, 1.807) is 6.21 Å². The van der Waals surface area contributed by atoms with Crippen LogP contribution < -0.4 is 0 Å². The van der Waals surface area contributed by atoms with Crippen molar-refractivity contribution in [2.24, 2.45) is 4.99 Å². The summed E-state index contributed by atoms with van der Waals surface area (Å²) in [5, 5.41) is 0. The number of hydrogen-bond donors (Lipinski definition) is 0. The van der Waals surface area contributed by atoms with E-state index >= 15 is 0 Å². The fourth-order valence-electron chi connectivity index (χ4n) is 1.07. The summed E-state index contributed by atoms with van der Waals surface area (Å²) in [5.41, 5.74) is 3.20. The normalized spacial score (nSPS) is 13.8. The molecule has 0 amide bonds. The number of hydrogen-bond acceptors (Lipinski definition) is 1.